The van der Waals surface area contributed by atoms with Crippen LogP contribution in [0.4, 0.5) is 34.1 Å². The summed E-state index contributed by atoms with van der Waals surface area (Å²) in [6.45, 7) is 33.2. The van der Waals surface area contributed by atoms with Gasteiger partial charge in [0, 0.05) is 77.8 Å². The Morgan fingerprint density at radius 2 is 0.669 bits per heavy atom. The van der Waals surface area contributed by atoms with Crippen LogP contribution in [-0.2, 0) is 27.1 Å². The number of hydrogen-bond donors (Lipinski definition) is 0. The van der Waals surface area contributed by atoms with Crippen molar-refractivity contribution in [3.63, 3.8) is 0 Å². The Morgan fingerprint density at radius 3 is 1.20 bits per heavy atom. The summed E-state index contributed by atoms with van der Waals surface area (Å²) >= 11 is 0. The van der Waals surface area contributed by atoms with Gasteiger partial charge in [0.2, 0.25) is 0 Å². The van der Waals surface area contributed by atoms with Gasteiger partial charge in [-0.15, -0.1) is 0 Å². The lowest BCUT2D eigenvalue weighted by molar-refractivity contribution is 0.569. The molecular formula is C113H100BN7. The molecule has 0 aliphatic carbocycles. The van der Waals surface area contributed by atoms with E-state index in [1.807, 2.05) is 18.2 Å². The molecule has 8 heteroatoms. The van der Waals surface area contributed by atoms with Crippen molar-refractivity contribution in [2.45, 2.75) is 131 Å². The summed E-state index contributed by atoms with van der Waals surface area (Å²) in [6.07, 6.45) is 0. The van der Waals surface area contributed by atoms with Gasteiger partial charge in [-0.1, -0.05) is 346 Å². The zero-order valence-electron chi connectivity index (χ0n) is 81.2. The molecule has 0 atom stereocenters. The topological polar surface area (TPSA) is 55.0 Å². The highest BCUT2D eigenvalue weighted by molar-refractivity contribution is 7.00. The van der Waals surface area contributed by atoms with Crippen LogP contribution in [0.5, 0.6) is 0 Å². The molecule has 2 aliphatic rings. The Labute approximate surface area is 726 Å². The second-order valence-corrected chi connectivity index (χ2v) is 37.8. The van der Waals surface area contributed by atoms with Crippen molar-refractivity contribution in [2.24, 2.45) is 0 Å². The van der Waals surface area contributed by atoms with Crippen LogP contribution in [0.3, 0.4) is 0 Å². The minimum absolute atomic E-state index is 0.0818. The van der Waals surface area contributed by atoms with Crippen LogP contribution in [0.1, 0.15) is 145 Å². The molecule has 0 spiro atoms. The van der Waals surface area contributed by atoms with E-state index in [2.05, 4.69) is 378 Å². The largest absolute Gasteiger partial charge is 0.311 e. The molecule has 2 aliphatic heterocycles. The SMILES string of the molecule is [2H]c1c([2H])c([2H])c(-c2nc(-c3cc(C(C)(C)C)cc(-c4ccccc4)c3N3c4cc(-c5cc(C(C)(C)C)cc(C(C)(C)C)c5)ccc4B4c5ccc(-n6c7ccc(C(C)(C)C)cc7c7cc(C(C)(C)C)ccc76)cc5N(c5ccc(-c6ccccc6)cc5-c5ccccc5)c5cc(-n6c7ccccc7c7ccccc76)cc3c54)nc(-c3c([2H])c([2H])c([2H])c([2H])c3[2H])n2)c([2H])c1[2H]. The van der Waals surface area contributed by atoms with Gasteiger partial charge in [0.15, 0.2) is 17.5 Å². The van der Waals surface area contributed by atoms with Crippen molar-refractivity contribution in [1.29, 1.82) is 0 Å². The fraction of sp³-hybridized carbons (Fsp3) is 0.177. The third-order valence-corrected chi connectivity index (χ3v) is 24.7. The summed E-state index contributed by atoms with van der Waals surface area (Å²) in [5.41, 5.74) is 25.0. The Kier molecular flexibility index (Phi) is 15.5. The number of fused-ring (bicyclic) bond motifs is 10. The summed E-state index contributed by atoms with van der Waals surface area (Å²) in [5, 5.41) is 4.45. The van der Waals surface area contributed by atoms with Gasteiger partial charge in [-0.25, -0.2) is 15.0 Å². The highest BCUT2D eigenvalue weighted by Crippen LogP contribution is 2.55. The molecule has 18 aromatic rings. The lowest BCUT2D eigenvalue weighted by atomic mass is 9.33. The van der Waals surface area contributed by atoms with E-state index in [-0.39, 0.29) is 50.3 Å². The monoisotopic (exact) mass is 1580 g/mol. The molecule has 0 saturated carbocycles. The number of para-hydroxylation sites is 2. The van der Waals surface area contributed by atoms with E-state index in [9.17, 15) is 11.0 Å². The van der Waals surface area contributed by atoms with E-state index in [1.54, 1.807) is 0 Å². The highest BCUT2D eigenvalue weighted by atomic mass is 15.2. The first-order valence-electron chi connectivity index (χ1n) is 47.0. The maximum Gasteiger partial charge on any atom is 0.252 e. The Bertz CT molecular complexity index is 7520. The lowest BCUT2D eigenvalue weighted by Gasteiger charge is -2.46. The fourth-order valence-corrected chi connectivity index (χ4v) is 18.2. The number of aromatic nitrogens is 5. The third kappa shape index (κ3) is 13.3. The average Bonchev–Trinajstić information content (AvgIpc) is 1.60. The molecule has 0 fully saturated rings. The maximum atomic E-state index is 9.72. The first kappa shape index (κ1) is 65.5. The second kappa shape index (κ2) is 28.7. The van der Waals surface area contributed by atoms with E-state index in [0.717, 1.165) is 139 Å². The van der Waals surface area contributed by atoms with E-state index < -0.39 is 72.6 Å². The summed E-state index contributed by atoms with van der Waals surface area (Å²) in [5.74, 6) is -0.847. The van der Waals surface area contributed by atoms with Gasteiger partial charge in [0.05, 0.1) is 52.8 Å². The molecule has 20 rings (SSSR count). The molecular weight excluding hydrogens is 1470 g/mol. The standard InChI is InChI=1S/C113H100BN7/c1-109(2,3)79-51-57-98-90(64-79)91-65-80(110(4,5)6)52-58-99(91)118(98)84-53-55-94-101(68-84)120(97-56-50-76(71-35-21-16-22-36-71)61-88(97)72-37-23-17-24-38-72)102-69-85(119-95-47-33-31-45-86(95)87-46-32-34-48-96(87)119)70-103-104(102)114(94)93-54-49-77(78-59-81(111(7,8)9)63-82(60-78)112(10,11)12)62-100(93)121(103)105-89(73-39-25-18-26-40-73)66-83(113(13,14)15)67-92(105)108-116-106(74-41-27-19-28-42-74)115-107(117-108)75-43-29-20-30-44-75/h16-70H,1-15H3/i19D,20D,27D,28D,29D,30D,41D,42D,43D,44D. The molecule has 0 unspecified atom stereocenters. The van der Waals surface area contributed by atoms with Crippen LogP contribution >= 0.6 is 0 Å². The first-order chi connectivity index (χ1) is 62.3. The summed E-state index contributed by atoms with van der Waals surface area (Å²) < 4.78 is 98.4. The van der Waals surface area contributed by atoms with Crippen molar-refractivity contribution in [2.75, 3.05) is 9.80 Å². The molecule has 3 aromatic heterocycles. The molecule has 5 heterocycles. The number of anilines is 6. The van der Waals surface area contributed by atoms with Gasteiger partial charge in [0.1, 0.15) is 0 Å². The number of benzene rings is 15. The lowest BCUT2D eigenvalue weighted by Crippen LogP contribution is -2.61. The zero-order valence-corrected chi connectivity index (χ0v) is 71.2. The van der Waals surface area contributed by atoms with Gasteiger partial charge in [0.25, 0.3) is 6.71 Å². The van der Waals surface area contributed by atoms with Crippen LogP contribution in [0.2, 0.25) is 0 Å². The predicted octanol–water partition coefficient (Wildman–Crippen LogP) is 28.3. The fourth-order valence-electron chi connectivity index (χ4n) is 18.2. The molecule has 0 bridgehead atoms. The molecule has 590 valence electrons. The molecule has 0 radical (unpaired) electrons. The highest BCUT2D eigenvalue weighted by Gasteiger charge is 2.46. The van der Waals surface area contributed by atoms with Crippen LogP contribution in [0, 0.1) is 0 Å². The minimum atomic E-state index is -0.647. The van der Waals surface area contributed by atoms with Crippen molar-refractivity contribution in [3.05, 3.63) is 361 Å². The average molecular weight is 1580 g/mol. The van der Waals surface area contributed by atoms with E-state index in [4.69, 9.17) is 17.7 Å². The molecule has 121 heavy (non-hydrogen) atoms. The van der Waals surface area contributed by atoms with Gasteiger partial charge in [-0.05, 0) is 196 Å². The van der Waals surface area contributed by atoms with Crippen molar-refractivity contribution in [1.82, 2.24) is 24.1 Å². The summed E-state index contributed by atoms with van der Waals surface area (Å²) in [4.78, 5) is 20.8. The Balaban J connectivity index is 1.00. The summed E-state index contributed by atoms with van der Waals surface area (Å²) in [7, 11) is 0. The van der Waals surface area contributed by atoms with E-state index >= 15 is 0 Å². The zero-order chi connectivity index (χ0) is 92.0. The van der Waals surface area contributed by atoms with Crippen molar-refractivity contribution in [3.8, 4) is 90.0 Å². The van der Waals surface area contributed by atoms with Crippen molar-refractivity contribution < 1.29 is 13.7 Å². The molecule has 7 nitrogen and oxygen atoms in total. The van der Waals surface area contributed by atoms with Crippen molar-refractivity contribution >= 4 is 101 Å². The Hall–Kier alpha value is -13.4. The van der Waals surface area contributed by atoms with Crippen LogP contribution < -0.4 is 26.2 Å². The minimum Gasteiger partial charge on any atom is -0.311 e. The predicted molar refractivity (Wildman–Crippen MR) is 514 cm³/mol. The normalized spacial score (nSPS) is 14.2. The van der Waals surface area contributed by atoms with Crippen LogP contribution in [0.15, 0.2) is 333 Å². The smallest absolute Gasteiger partial charge is 0.252 e. The van der Waals surface area contributed by atoms with Gasteiger partial charge in [-0.2, -0.15) is 0 Å². The third-order valence-electron chi connectivity index (χ3n) is 24.7. The molecule has 15 aromatic carbocycles. The van der Waals surface area contributed by atoms with Crippen LogP contribution in [-0.4, -0.2) is 30.8 Å². The maximum absolute atomic E-state index is 9.72. The molecule has 0 amide bonds. The van der Waals surface area contributed by atoms with Crippen LogP contribution in [0.25, 0.3) is 134 Å². The van der Waals surface area contributed by atoms with Gasteiger partial charge < -0.3 is 18.9 Å². The first-order valence-corrected chi connectivity index (χ1v) is 42.0. The second-order valence-electron chi connectivity index (χ2n) is 37.8. The van der Waals surface area contributed by atoms with E-state index in [0.29, 0.717) is 11.3 Å². The number of hydrogen-bond acceptors (Lipinski definition) is 5. The number of nitrogens with zero attached hydrogens (tertiary/aromatic N) is 7. The molecule has 0 N–H and O–H groups in total. The summed E-state index contributed by atoms with van der Waals surface area (Å²) in [6, 6.07) is 93.6. The van der Waals surface area contributed by atoms with E-state index in [1.165, 1.54) is 33.0 Å². The number of rotatable bonds is 11. The Morgan fingerprint density at radius 1 is 0.256 bits per heavy atom. The van der Waals surface area contributed by atoms with Gasteiger partial charge in [-0.3, -0.25) is 0 Å². The quantitative estimate of drug-likeness (QED) is 0.121. The van der Waals surface area contributed by atoms with Gasteiger partial charge >= 0.3 is 0 Å². The molecule has 0 saturated heterocycles.